The summed E-state index contributed by atoms with van der Waals surface area (Å²) in [4.78, 5) is 23.0. The molecular weight excluding hydrogens is 370 g/mol. The second-order valence-corrected chi connectivity index (χ2v) is 8.76. The molecule has 3 saturated heterocycles. The van der Waals surface area contributed by atoms with E-state index in [1.807, 2.05) is 19.6 Å². The van der Waals surface area contributed by atoms with Crippen molar-refractivity contribution in [1.29, 1.82) is 0 Å². The van der Waals surface area contributed by atoms with Crippen LogP contribution in [-0.2, 0) is 29.7 Å². The van der Waals surface area contributed by atoms with Crippen molar-refractivity contribution in [3.63, 3.8) is 0 Å². The van der Waals surface area contributed by atoms with Crippen molar-refractivity contribution in [3.8, 4) is 0 Å². The summed E-state index contributed by atoms with van der Waals surface area (Å²) in [5.41, 5.74) is 1.22. The number of nitrogens with zero attached hydrogens (tertiary/aromatic N) is 6. The van der Waals surface area contributed by atoms with Crippen LogP contribution in [0.5, 0.6) is 0 Å². The van der Waals surface area contributed by atoms with Crippen molar-refractivity contribution in [2.75, 3.05) is 19.6 Å². The number of ether oxygens (including phenoxy) is 1. The predicted molar refractivity (Wildman–Crippen MR) is 105 cm³/mol. The zero-order chi connectivity index (χ0) is 19.8. The Morgan fingerprint density at radius 1 is 1.38 bits per heavy atom. The molecule has 1 spiro atoms. The zero-order valence-electron chi connectivity index (χ0n) is 16.9. The minimum Gasteiger partial charge on any atom is -0.370 e. The number of imidazole rings is 1. The summed E-state index contributed by atoms with van der Waals surface area (Å²) in [5.74, 6) is 1.04. The van der Waals surface area contributed by atoms with E-state index in [0.29, 0.717) is 24.4 Å². The quantitative estimate of drug-likeness (QED) is 0.699. The average Bonchev–Trinajstić information content (AvgIpc) is 3.49. The van der Waals surface area contributed by atoms with Gasteiger partial charge in [0.1, 0.15) is 12.7 Å². The fourth-order valence-electron chi connectivity index (χ4n) is 5.52. The topological polar surface area (TPSA) is 90.1 Å². The van der Waals surface area contributed by atoms with Crippen LogP contribution in [-0.4, -0.2) is 66.5 Å². The van der Waals surface area contributed by atoms with Crippen LogP contribution in [0.3, 0.4) is 0 Å². The standard InChI is InChI=1S/C20H29N7O2/c1-25-13-21-7-15(25)9-26-10-17-16(18-4-5-20(17,11-26)29-18)8-23-19(28)3-2-6-27-14-22-12-24-27/h7,12-14,16-18H,2-6,8-11H2,1H3,(H,23,28)/t16-,17+,18+,20+/m0/s1. The van der Waals surface area contributed by atoms with Crippen LogP contribution in [0.2, 0.25) is 0 Å². The summed E-state index contributed by atoms with van der Waals surface area (Å²) in [6, 6.07) is 0. The van der Waals surface area contributed by atoms with E-state index in [9.17, 15) is 4.79 Å². The van der Waals surface area contributed by atoms with Crippen LogP contribution in [0.1, 0.15) is 31.4 Å². The van der Waals surface area contributed by atoms with Gasteiger partial charge in [-0.1, -0.05) is 0 Å². The summed E-state index contributed by atoms with van der Waals surface area (Å²) in [6.45, 7) is 4.37. The first-order chi connectivity index (χ1) is 14.1. The van der Waals surface area contributed by atoms with Gasteiger partial charge in [-0.05, 0) is 19.3 Å². The van der Waals surface area contributed by atoms with Crippen LogP contribution in [0.15, 0.2) is 25.2 Å². The molecule has 5 heterocycles. The first-order valence-corrected chi connectivity index (χ1v) is 10.6. The van der Waals surface area contributed by atoms with Crippen molar-refractivity contribution in [2.45, 2.75) is 50.5 Å². The van der Waals surface area contributed by atoms with Crippen molar-refractivity contribution in [2.24, 2.45) is 18.9 Å². The lowest BCUT2D eigenvalue weighted by Gasteiger charge is -2.29. The number of hydrogen-bond donors (Lipinski definition) is 1. The Labute approximate surface area is 170 Å². The second-order valence-electron chi connectivity index (χ2n) is 8.76. The van der Waals surface area contributed by atoms with Gasteiger partial charge in [0.15, 0.2) is 0 Å². The number of carbonyl (C=O) groups is 1. The molecule has 0 unspecified atom stereocenters. The molecule has 29 heavy (non-hydrogen) atoms. The smallest absolute Gasteiger partial charge is 0.220 e. The number of carbonyl (C=O) groups excluding carboxylic acids is 1. The highest BCUT2D eigenvalue weighted by Gasteiger charge is 2.62. The van der Waals surface area contributed by atoms with E-state index in [1.165, 1.54) is 12.0 Å². The molecule has 156 valence electrons. The summed E-state index contributed by atoms with van der Waals surface area (Å²) < 4.78 is 10.3. The fourth-order valence-corrected chi connectivity index (χ4v) is 5.52. The Kier molecular flexibility index (Phi) is 4.87. The van der Waals surface area contributed by atoms with E-state index >= 15 is 0 Å². The molecule has 0 aromatic carbocycles. The maximum absolute atomic E-state index is 12.3. The molecule has 0 aliphatic carbocycles. The third-order valence-corrected chi connectivity index (χ3v) is 6.95. The SMILES string of the molecule is Cn1cncc1CN1C[C@@H]2[C@H](CNC(=O)CCCn3cncn3)[C@H]3CC[C@]2(C1)O3. The largest absolute Gasteiger partial charge is 0.370 e. The lowest BCUT2D eigenvalue weighted by molar-refractivity contribution is -0.121. The normalized spacial score (nSPS) is 30.7. The molecule has 3 fully saturated rings. The van der Waals surface area contributed by atoms with Gasteiger partial charge >= 0.3 is 0 Å². The number of aryl methyl sites for hydroxylation is 2. The van der Waals surface area contributed by atoms with E-state index in [-0.39, 0.29) is 11.5 Å². The Bertz CT molecular complexity index is 851. The molecule has 5 rings (SSSR count). The highest BCUT2D eigenvalue weighted by Crippen LogP contribution is 2.54. The molecular formula is C20H29N7O2. The first-order valence-electron chi connectivity index (χ1n) is 10.6. The van der Waals surface area contributed by atoms with E-state index in [2.05, 4.69) is 29.9 Å². The lowest BCUT2D eigenvalue weighted by atomic mass is 9.73. The summed E-state index contributed by atoms with van der Waals surface area (Å²) >= 11 is 0. The second kappa shape index (κ2) is 7.53. The van der Waals surface area contributed by atoms with Gasteiger partial charge in [-0.2, -0.15) is 5.10 Å². The molecule has 0 radical (unpaired) electrons. The van der Waals surface area contributed by atoms with Gasteiger partial charge in [0, 0.05) is 64.2 Å². The van der Waals surface area contributed by atoms with E-state index in [1.54, 1.807) is 11.0 Å². The molecule has 2 aromatic heterocycles. The third-order valence-electron chi connectivity index (χ3n) is 6.95. The monoisotopic (exact) mass is 399 g/mol. The van der Waals surface area contributed by atoms with E-state index in [0.717, 1.165) is 52.0 Å². The van der Waals surface area contributed by atoms with Crippen LogP contribution in [0.25, 0.3) is 0 Å². The molecule has 2 bridgehead atoms. The minimum atomic E-state index is -0.00819. The maximum atomic E-state index is 12.3. The van der Waals surface area contributed by atoms with E-state index in [4.69, 9.17) is 4.74 Å². The van der Waals surface area contributed by atoms with Crippen molar-refractivity contribution < 1.29 is 9.53 Å². The number of amides is 1. The predicted octanol–water partition coefficient (Wildman–Crippen LogP) is 0.588. The molecule has 2 aromatic rings. The zero-order valence-corrected chi connectivity index (χ0v) is 16.9. The van der Waals surface area contributed by atoms with Gasteiger partial charge in [-0.15, -0.1) is 0 Å². The van der Waals surface area contributed by atoms with Gasteiger partial charge in [0.05, 0.1) is 23.7 Å². The van der Waals surface area contributed by atoms with Crippen LogP contribution in [0.4, 0.5) is 0 Å². The molecule has 1 N–H and O–H groups in total. The fraction of sp³-hybridized carbons (Fsp3) is 0.700. The molecule has 9 nitrogen and oxygen atoms in total. The van der Waals surface area contributed by atoms with E-state index < -0.39 is 0 Å². The Morgan fingerprint density at radius 2 is 2.31 bits per heavy atom. The molecule has 4 atom stereocenters. The number of aromatic nitrogens is 5. The van der Waals surface area contributed by atoms with Crippen molar-refractivity contribution in [1.82, 2.24) is 34.5 Å². The van der Waals surface area contributed by atoms with Gasteiger partial charge < -0.3 is 14.6 Å². The number of nitrogens with one attached hydrogen (secondary N) is 1. The first kappa shape index (κ1) is 18.7. The summed E-state index contributed by atoms with van der Waals surface area (Å²) in [5, 5.41) is 7.24. The Hall–Kier alpha value is -2.26. The highest BCUT2D eigenvalue weighted by molar-refractivity contribution is 5.75. The number of likely N-dealkylation sites (tertiary alicyclic amines) is 1. The molecule has 0 saturated carbocycles. The van der Waals surface area contributed by atoms with Gasteiger partial charge in [-0.3, -0.25) is 14.4 Å². The molecule has 3 aliphatic heterocycles. The third kappa shape index (κ3) is 3.57. The van der Waals surface area contributed by atoms with Crippen molar-refractivity contribution >= 4 is 5.91 Å². The summed E-state index contributed by atoms with van der Waals surface area (Å²) in [6.07, 6.45) is 10.8. The van der Waals surface area contributed by atoms with Crippen LogP contribution in [0, 0.1) is 11.8 Å². The van der Waals surface area contributed by atoms with Crippen LogP contribution < -0.4 is 5.32 Å². The maximum Gasteiger partial charge on any atom is 0.220 e. The van der Waals surface area contributed by atoms with Gasteiger partial charge in [-0.25, -0.2) is 9.97 Å². The van der Waals surface area contributed by atoms with Crippen LogP contribution >= 0.6 is 0 Å². The molecule has 1 amide bonds. The van der Waals surface area contributed by atoms with Gasteiger partial charge in [0.25, 0.3) is 0 Å². The average molecular weight is 399 g/mol. The molecule has 3 aliphatic rings. The Morgan fingerprint density at radius 3 is 3.10 bits per heavy atom. The number of fused-ring (bicyclic) bond motifs is 1. The van der Waals surface area contributed by atoms with Crippen molar-refractivity contribution in [3.05, 3.63) is 30.9 Å². The number of rotatable bonds is 8. The van der Waals surface area contributed by atoms with Gasteiger partial charge in [0.2, 0.25) is 5.91 Å². The summed E-state index contributed by atoms with van der Waals surface area (Å²) in [7, 11) is 2.04. The minimum absolute atomic E-state index is 0.00819. The highest BCUT2D eigenvalue weighted by atomic mass is 16.5. The lowest BCUT2D eigenvalue weighted by Crippen LogP contribution is -2.41. The molecule has 9 heteroatoms. The Balaban J connectivity index is 1.13. The number of hydrogen-bond acceptors (Lipinski definition) is 6.